The lowest BCUT2D eigenvalue weighted by Gasteiger charge is -2.23. The van der Waals surface area contributed by atoms with Crippen LogP contribution in [-0.4, -0.2) is 37.7 Å². The van der Waals surface area contributed by atoms with Crippen molar-refractivity contribution in [1.29, 1.82) is 0 Å². The molecule has 0 amide bonds. The lowest BCUT2D eigenvalue weighted by Crippen LogP contribution is -2.28. The predicted molar refractivity (Wildman–Crippen MR) is 126 cm³/mol. The summed E-state index contributed by atoms with van der Waals surface area (Å²) in [6, 6.07) is 8.02. The minimum atomic E-state index is -1.29. The Kier molecular flexibility index (Phi) is 6.55. The van der Waals surface area contributed by atoms with E-state index in [0.29, 0.717) is 5.88 Å². The second-order valence-electron chi connectivity index (χ2n) is 7.87. The molecule has 0 aliphatic heterocycles. The van der Waals surface area contributed by atoms with Gasteiger partial charge in [0.2, 0.25) is 5.88 Å². The van der Waals surface area contributed by atoms with Gasteiger partial charge in [0.05, 0.1) is 23.7 Å². The van der Waals surface area contributed by atoms with Crippen LogP contribution in [0.2, 0.25) is 0 Å². The number of rotatable bonds is 7. The van der Waals surface area contributed by atoms with E-state index in [9.17, 15) is 4.21 Å². The highest BCUT2D eigenvalue weighted by Crippen LogP contribution is 2.30. The maximum Gasteiger partial charge on any atom is 0.239 e. The Hall–Kier alpha value is -3.20. The molecule has 0 bridgehead atoms. The molecule has 0 spiro atoms. The summed E-state index contributed by atoms with van der Waals surface area (Å²) in [5, 5.41) is 7.23. The molecule has 2 heterocycles. The monoisotopic (exact) mass is 453 g/mol. The molecule has 3 unspecified atom stereocenters. The molecule has 0 saturated carbocycles. The van der Waals surface area contributed by atoms with Gasteiger partial charge in [0.15, 0.2) is 0 Å². The first-order valence-corrected chi connectivity index (χ1v) is 11.7. The zero-order valence-electron chi connectivity index (χ0n) is 18.6. The molecule has 32 heavy (non-hydrogen) atoms. The number of hydrogen-bond donors (Lipinski definition) is 2. The molecule has 8 nitrogen and oxygen atoms in total. The Balaban J connectivity index is 1.42. The minimum Gasteiger partial charge on any atom is -0.496 e. The average molecular weight is 454 g/mol. The lowest BCUT2D eigenvalue weighted by atomic mass is 10.0. The molecule has 3 aromatic rings. The topological polar surface area (TPSA) is 102 Å². The Labute approximate surface area is 190 Å². The van der Waals surface area contributed by atoms with E-state index >= 15 is 0 Å². The van der Waals surface area contributed by atoms with Gasteiger partial charge in [-0.1, -0.05) is 28.9 Å². The highest BCUT2D eigenvalue weighted by Gasteiger charge is 2.23. The molecule has 1 aliphatic carbocycles. The normalized spacial score (nSPS) is 18.9. The summed E-state index contributed by atoms with van der Waals surface area (Å²) in [4.78, 5) is 8.80. The third-order valence-corrected chi connectivity index (χ3v) is 6.91. The number of hydrogen-bond acceptors (Lipinski definition) is 7. The highest BCUT2D eigenvalue weighted by molar-refractivity contribution is 7.87. The van der Waals surface area contributed by atoms with Gasteiger partial charge in [-0.05, 0) is 45.7 Å². The quantitative estimate of drug-likeness (QED) is 0.513. The van der Waals surface area contributed by atoms with Gasteiger partial charge in [-0.15, -0.1) is 0 Å². The van der Waals surface area contributed by atoms with Crippen molar-refractivity contribution in [3.8, 4) is 17.0 Å². The van der Waals surface area contributed by atoms with Crippen molar-refractivity contribution >= 4 is 22.7 Å². The van der Waals surface area contributed by atoms with Crippen LogP contribution in [0.4, 0.5) is 11.7 Å². The van der Waals surface area contributed by atoms with Crippen molar-refractivity contribution < 1.29 is 13.5 Å². The first kappa shape index (κ1) is 22.0. The lowest BCUT2D eigenvalue weighted by molar-refractivity contribution is 0.416. The van der Waals surface area contributed by atoms with Crippen molar-refractivity contribution in [1.82, 2.24) is 15.1 Å². The van der Waals surface area contributed by atoms with E-state index < -0.39 is 11.0 Å². The third-order valence-electron chi connectivity index (χ3n) is 5.58. The summed E-state index contributed by atoms with van der Waals surface area (Å²) in [5.74, 6) is 1.97. The van der Waals surface area contributed by atoms with Crippen molar-refractivity contribution in [3.05, 3.63) is 59.6 Å². The number of aryl methyl sites for hydroxylation is 2. The largest absolute Gasteiger partial charge is 0.496 e. The molecule has 2 aromatic heterocycles. The third kappa shape index (κ3) is 4.83. The molecule has 3 atom stereocenters. The SMILES string of the molecule is COc1ccc(C)cc1-c1cc(NC2C=CC(S(=O)Nc3onc(C)c3C)CC2)ncn1. The summed E-state index contributed by atoms with van der Waals surface area (Å²) >= 11 is 0. The molecule has 9 heteroatoms. The first-order chi connectivity index (χ1) is 15.4. The minimum absolute atomic E-state index is 0.0969. The van der Waals surface area contributed by atoms with Gasteiger partial charge < -0.3 is 14.6 Å². The summed E-state index contributed by atoms with van der Waals surface area (Å²) < 4.78 is 26.3. The predicted octanol–water partition coefficient (Wildman–Crippen LogP) is 4.34. The maximum absolute atomic E-state index is 12.7. The number of ether oxygens (including phenoxy) is 1. The number of methoxy groups -OCH3 is 1. The molecule has 0 radical (unpaired) electrons. The molecule has 1 aromatic carbocycles. The highest BCUT2D eigenvalue weighted by atomic mass is 32.2. The standard InChI is InChI=1S/C23H27N5O3S/c1-14-5-10-21(30-4)19(11-14)20-12-22(25-13-24-20)26-17-6-8-18(9-7-17)32(29)28-23-15(2)16(3)27-31-23/h5-6,8,10-13,17-18,28H,7,9H2,1-4H3,(H,24,25,26). The Morgan fingerprint density at radius 2 is 1.97 bits per heavy atom. The van der Waals surface area contributed by atoms with E-state index in [0.717, 1.165) is 52.5 Å². The fourth-order valence-corrected chi connectivity index (χ4v) is 4.67. The van der Waals surface area contributed by atoms with E-state index in [1.54, 1.807) is 13.4 Å². The van der Waals surface area contributed by atoms with Crippen molar-refractivity contribution in [2.75, 3.05) is 17.1 Å². The second-order valence-corrected chi connectivity index (χ2v) is 9.27. The van der Waals surface area contributed by atoms with Crippen LogP contribution in [0, 0.1) is 20.8 Å². The van der Waals surface area contributed by atoms with Crippen LogP contribution in [-0.2, 0) is 11.0 Å². The van der Waals surface area contributed by atoms with Crippen molar-refractivity contribution in [3.63, 3.8) is 0 Å². The number of aromatic nitrogens is 3. The smallest absolute Gasteiger partial charge is 0.239 e. The fourth-order valence-electron chi connectivity index (χ4n) is 3.57. The summed E-state index contributed by atoms with van der Waals surface area (Å²) in [7, 11) is 0.366. The van der Waals surface area contributed by atoms with E-state index in [2.05, 4.69) is 31.2 Å². The van der Waals surface area contributed by atoms with Crippen LogP contribution < -0.4 is 14.8 Å². The van der Waals surface area contributed by atoms with Gasteiger partial charge in [0.1, 0.15) is 28.9 Å². The number of benzene rings is 1. The number of nitrogens with one attached hydrogen (secondary N) is 2. The molecular formula is C23H27N5O3S. The molecule has 0 fully saturated rings. The summed E-state index contributed by atoms with van der Waals surface area (Å²) in [6.45, 7) is 5.79. The molecule has 2 N–H and O–H groups in total. The molecular weight excluding hydrogens is 426 g/mol. The number of nitrogens with zero attached hydrogens (tertiary/aromatic N) is 3. The Bertz CT molecular complexity index is 1160. The van der Waals surface area contributed by atoms with E-state index in [1.807, 2.05) is 51.1 Å². The Morgan fingerprint density at radius 3 is 2.66 bits per heavy atom. The molecule has 0 saturated heterocycles. The van der Waals surface area contributed by atoms with Crippen LogP contribution in [0.1, 0.15) is 29.7 Å². The van der Waals surface area contributed by atoms with Crippen molar-refractivity contribution in [2.24, 2.45) is 0 Å². The van der Waals surface area contributed by atoms with Gasteiger partial charge in [0, 0.05) is 23.2 Å². The molecule has 4 rings (SSSR count). The Morgan fingerprint density at radius 1 is 1.12 bits per heavy atom. The summed E-state index contributed by atoms with van der Waals surface area (Å²) in [6.07, 6.45) is 7.17. The second kappa shape index (κ2) is 9.52. The van der Waals surface area contributed by atoms with E-state index in [1.165, 1.54) is 0 Å². The van der Waals surface area contributed by atoms with Crippen molar-refractivity contribution in [2.45, 2.75) is 44.9 Å². The van der Waals surface area contributed by atoms with Crippen LogP contribution >= 0.6 is 0 Å². The first-order valence-electron chi connectivity index (χ1n) is 10.5. The van der Waals surface area contributed by atoms with Gasteiger partial charge in [-0.25, -0.2) is 14.2 Å². The van der Waals surface area contributed by atoms with Gasteiger partial charge >= 0.3 is 0 Å². The maximum atomic E-state index is 12.7. The summed E-state index contributed by atoms with van der Waals surface area (Å²) in [5.41, 5.74) is 4.52. The number of anilines is 2. The molecule has 168 valence electrons. The van der Waals surface area contributed by atoms with Crippen LogP contribution in [0.25, 0.3) is 11.3 Å². The van der Waals surface area contributed by atoms with Gasteiger partial charge in [-0.2, -0.15) is 0 Å². The van der Waals surface area contributed by atoms with Crippen LogP contribution in [0.5, 0.6) is 5.75 Å². The van der Waals surface area contributed by atoms with Crippen LogP contribution in [0.15, 0.2) is 47.3 Å². The van der Waals surface area contributed by atoms with E-state index in [4.69, 9.17) is 9.26 Å². The average Bonchev–Trinajstić information content (AvgIpc) is 3.12. The van der Waals surface area contributed by atoms with E-state index in [-0.39, 0.29) is 11.3 Å². The zero-order valence-corrected chi connectivity index (χ0v) is 19.4. The van der Waals surface area contributed by atoms with Gasteiger partial charge in [-0.3, -0.25) is 4.72 Å². The molecule has 1 aliphatic rings. The van der Waals surface area contributed by atoms with Crippen LogP contribution in [0.3, 0.4) is 0 Å². The fraction of sp³-hybridized carbons (Fsp3) is 0.348. The zero-order chi connectivity index (χ0) is 22.7. The van der Waals surface area contributed by atoms with Gasteiger partial charge in [0.25, 0.3) is 0 Å².